The van der Waals surface area contributed by atoms with E-state index in [0.29, 0.717) is 0 Å². The number of esters is 2. The van der Waals surface area contributed by atoms with Crippen LogP contribution in [0.5, 0.6) is 5.75 Å². The van der Waals surface area contributed by atoms with Gasteiger partial charge in [-0.05, 0) is 18.2 Å². The maximum Gasteiger partial charge on any atom is 0.442 e. The lowest BCUT2D eigenvalue weighted by atomic mass is 10.0. The van der Waals surface area contributed by atoms with E-state index in [-0.39, 0.29) is 28.0 Å². The van der Waals surface area contributed by atoms with Gasteiger partial charge < -0.3 is 14.2 Å². The Bertz CT molecular complexity index is 1020. The second kappa shape index (κ2) is 7.97. The molecule has 0 spiro atoms. The van der Waals surface area contributed by atoms with Gasteiger partial charge in [-0.3, -0.25) is 0 Å². The largest absolute Gasteiger partial charge is 0.503 e. The Labute approximate surface area is 168 Å². The molecule has 0 saturated carbocycles. The summed E-state index contributed by atoms with van der Waals surface area (Å²) in [6.07, 6.45) is -3.52. The zero-order valence-corrected chi connectivity index (χ0v) is 15.8. The quantitative estimate of drug-likeness (QED) is 0.302. The highest BCUT2D eigenvalue weighted by Crippen LogP contribution is 2.52. The van der Waals surface area contributed by atoms with Crippen molar-refractivity contribution in [3.63, 3.8) is 0 Å². The lowest BCUT2D eigenvalue weighted by molar-refractivity contribution is -0.166. The molecule has 2 aromatic carbocycles. The van der Waals surface area contributed by atoms with Crippen LogP contribution >= 0.6 is 0 Å². The third kappa shape index (κ3) is 3.88. The van der Waals surface area contributed by atoms with Crippen molar-refractivity contribution in [1.29, 1.82) is 0 Å². The molecule has 0 fully saturated rings. The van der Waals surface area contributed by atoms with E-state index in [2.05, 4.69) is 10.2 Å². The Balaban J connectivity index is 1.84. The fraction of sp³-hybridized carbons (Fsp3) is 0.200. The first-order chi connectivity index (χ1) is 14.2. The van der Waals surface area contributed by atoms with Gasteiger partial charge in [-0.1, -0.05) is 30.3 Å². The molecule has 0 atom stereocenters. The third-order valence-electron chi connectivity index (χ3n) is 4.24. The standard InChI is InChI=1S/C20H15F3N2O5/c1-28-11-15(18(27)29-2)14-5-3-4-6-16(14)30-17(26)12-7-9-13(10-8-12)19(24-25-19)20(21,22)23/h3-11H,1-2H3/b15-11-. The summed E-state index contributed by atoms with van der Waals surface area (Å²) >= 11 is 0. The molecule has 7 nitrogen and oxygen atoms in total. The summed E-state index contributed by atoms with van der Waals surface area (Å²) in [5, 5.41) is 6.23. The van der Waals surface area contributed by atoms with Crippen LogP contribution in [0.1, 0.15) is 21.5 Å². The van der Waals surface area contributed by atoms with Crippen molar-refractivity contribution in [3.8, 4) is 5.75 Å². The zero-order chi connectivity index (χ0) is 21.9. The smallest absolute Gasteiger partial charge is 0.442 e. The van der Waals surface area contributed by atoms with Crippen LogP contribution in [0.2, 0.25) is 0 Å². The van der Waals surface area contributed by atoms with E-state index in [9.17, 15) is 22.8 Å². The Hall–Kier alpha value is -3.69. The van der Waals surface area contributed by atoms with Crippen molar-refractivity contribution < 1.29 is 37.0 Å². The molecule has 2 aromatic rings. The number of nitrogens with zero attached hydrogens (tertiary/aromatic N) is 2. The third-order valence-corrected chi connectivity index (χ3v) is 4.24. The summed E-state index contributed by atoms with van der Waals surface area (Å²) in [7, 11) is 2.53. The molecule has 0 amide bonds. The Morgan fingerprint density at radius 2 is 1.63 bits per heavy atom. The molecule has 0 aliphatic carbocycles. The number of hydrogen-bond donors (Lipinski definition) is 0. The molecule has 3 rings (SSSR count). The van der Waals surface area contributed by atoms with Crippen molar-refractivity contribution in [3.05, 3.63) is 71.5 Å². The summed E-state index contributed by atoms with van der Waals surface area (Å²) < 4.78 is 54.2. The van der Waals surface area contributed by atoms with E-state index in [1.165, 1.54) is 38.5 Å². The minimum absolute atomic E-state index is 0.00173. The van der Waals surface area contributed by atoms with E-state index < -0.39 is 23.8 Å². The fourth-order valence-electron chi connectivity index (χ4n) is 2.67. The predicted molar refractivity (Wildman–Crippen MR) is 97.4 cm³/mol. The second-order valence-corrected chi connectivity index (χ2v) is 6.09. The molecule has 1 heterocycles. The summed E-state index contributed by atoms with van der Waals surface area (Å²) in [4.78, 5) is 24.5. The van der Waals surface area contributed by atoms with Crippen LogP contribution in [0.25, 0.3) is 5.57 Å². The lowest BCUT2D eigenvalue weighted by Crippen LogP contribution is -2.30. The lowest BCUT2D eigenvalue weighted by Gasteiger charge is -2.15. The second-order valence-electron chi connectivity index (χ2n) is 6.09. The van der Waals surface area contributed by atoms with Crippen LogP contribution in [0, 0.1) is 0 Å². The first kappa shape index (κ1) is 21.0. The van der Waals surface area contributed by atoms with Gasteiger partial charge in [0, 0.05) is 11.1 Å². The highest BCUT2D eigenvalue weighted by molar-refractivity contribution is 6.17. The van der Waals surface area contributed by atoms with E-state index in [1.807, 2.05) is 0 Å². The number of methoxy groups -OCH3 is 2. The Morgan fingerprint density at radius 1 is 1.00 bits per heavy atom. The topological polar surface area (TPSA) is 86.5 Å². The number of carbonyl (C=O) groups excluding carboxylic acids is 2. The first-order valence-electron chi connectivity index (χ1n) is 8.47. The number of halogens is 3. The summed E-state index contributed by atoms with van der Waals surface area (Å²) in [5.41, 5.74) is -2.52. The molecule has 0 N–H and O–H groups in total. The molecular weight excluding hydrogens is 405 g/mol. The van der Waals surface area contributed by atoms with Crippen molar-refractivity contribution in [2.75, 3.05) is 14.2 Å². The normalized spacial score (nSPS) is 14.8. The van der Waals surface area contributed by atoms with Crippen molar-refractivity contribution in [1.82, 2.24) is 0 Å². The van der Waals surface area contributed by atoms with Gasteiger partial charge >= 0.3 is 23.8 Å². The van der Waals surface area contributed by atoms with Gasteiger partial charge in [0.25, 0.3) is 0 Å². The van der Waals surface area contributed by atoms with Gasteiger partial charge in [0.15, 0.2) is 0 Å². The number of benzene rings is 2. The number of hydrogen-bond acceptors (Lipinski definition) is 7. The van der Waals surface area contributed by atoms with Gasteiger partial charge in [-0.25, -0.2) is 9.59 Å². The van der Waals surface area contributed by atoms with E-state index >= 15 is 0 Å². The number of carbonyl (C=O) groups is 2. The maximum atomic E-state index is 13.1. The van der Waals surface area contributed by atoms with Gasteiger partial charge in [-0.15, -0.1) is 10.2 Å². The Kier molecular flexibility index (Phi) is 5.59. The van der Waals surface area contributed by atoms with Crippen LogP contribution in [-0.2, 0) is 19.9 Å². The molecule has 156 valence electrons. The molecule has 0 radical (unpaired) electrons. The van der Waals surface area contributed by atoms with Gasteiger partial charge in [0.1, 0.15) is 11.3 Å². The number of alkyl halides is 3. The van der Waals surface area contributed by atoms with Crippen LogP contribution < -0.4 is 4.74 Å². The highest BCUT2D eigenvalue weighted by Gasteiger charge is 2.65. The van der Waals surface area contributed by atoms with Crippen LogP contribution in [-0.4, -0.2) is 32.3 Å². The fourth-order valence-corrected chi connectivity index (χ4v) is 2.67. The zero-order valence-electron chi connectivity index (χ0n) is 15.8. The van der Waals surface area contributed by atoms with Crippen LogP contribution in [0.4, 0.5) is 13.2 Å². The van der Waals surface area contributed by atoms with E-state index in [4.69, 9.17) is 14.2 Å². The molecule has 1 aliphatic rings. The molecule has 30 heavy (non-hydrogen) atoms. The molecular formula is C20H15F3N2O5. The summed E-state index contributed by atoms with van der Waals surface area (Å²) in [5.74, 6) is -1.50. The maximum absolute atomic E-state index is 13.1. The molecule has 0 bridgehead atoms. The monoisotopic (exact) mass is 420 g/mol. The minimum atomic E-state index is -4.66. The molecule has 1 aliphatic heterocycles. The van der Waals surface area contributed by atoms with Gasteiger partial charge in [-0.2, -0.15) is 13.2 Å². The molecule has 0 aromatic heterocycles. The molecule has 10 heteroatoms. The molecule has 0 saturated heterocycles. The predicted octanol–water partition coefficient (Wildman–Crippen LogP) is 4.25. The summed E-state index contributed by atoms with van der Waals surface area (Å²) in [6, 6.07) is 10.8. The average molecular weight is 420 g/mol. The van der Waals surface area contributed by atoms with Crippen LogP contribution in [0.3, 0.4) is 0 Å². The number of rotatable bonds is 6. The molecule has 0 unspecified atom stereocenters. The van der Waals surface area contributed by atoms with Gasteiger partial charge in [0.05, 0.1) is 26.0 Å². The first-order valence-corrected chi connectivity index (χ1v) is 8.47. The Morgan fingerprint density at radius 3 is 2.17 bits per heavy atom. The van der Waals surface area contributed by atoms with E-state index in [1.54, 1.807) is 12.1 Å². The van der Waals surface area contributed by atoms with Crippen LogP contribution in [0.15, 0.2) is 65.0 Å². The van der Waals surface area contributed by atoms with Gasteiger partial charge in [0.2, 0.25) is 0 Å². The van der Waals surface area contributed by atoms with E-state index in [0.717, 1.165) is 18.4 Å². The summed E-state index contributed by atoms with van der Waals surface area (Å²) in [6.45, 7) is 0. The minimum Gasteiger partial charge on any atom is -0.503 e. The average Bonchev–Trinajstić information content (AvgIpc) is 3.54. The van der Waals surface area contributed by atoms with Crippen molar-refractivity contribution in [2.45, 2.75) is 11.8 Å². The highest BCUT2D eigenvalue weighted by atomic mass is 19.4. The number of para-hydroxylation sites is 1. The van der Waals surface area contributed by atoms with Crippen molar-refractivity contribution in [2.24, 2.45) is 10.2 Å². The number of ether oxygens (including phenoxy) is 3. The SMILES string of the molecule is CO/C=C(\C(=O)OC)c1ccccc1OC(=O)c1ccc(C2(C(F)(F)F)N=N2)cc1. The van der Waals surface area contributed by atoms with Crippen molar-refractivity contribution >= 4 is 17.5 Å².